The first-order valence-electron chi connectivity index (χ1n) is 14.2. The fourth-order valence-corrected chi connectivity index (χ4v) is 6.72. The number of halogens is 1. The molecule has 6 rings (SSSR count). The number of hydrogen-bond acceptors (Lipinski definition) is 9. The first kappa shape index (κ1) is 28.8. The van der Waals surface area contributed by atoms with Gasteiger partial charge in [-0.1, -0.05) is 17.7 Å². The number of piperidine rings is 1. The van der Waals surface area contributed by atoms with E-state index in [1.54, 1.807) is 12.1 Å². The summed E-state index contributed by atoms with van der Waals surface area (Å²) in [5, 5.41) is 0.548. The first-order chi connectivity index (χ1) is 20.4. The van der Waals surface area contributed by atoms with Crippen LogP contribution in [-0.4, -0.2) is 64.1 Å². The van der Waals surface area contributed by atoms with Gasteiger partial charge in [-0.05, 0) is 69.6 Å². The van der Waals surface area contributed by atoms with Gasteiger partial charge in [-0.2, -0.15) is 0 Å². The number of likely N-dealkylation sites (tertiary alicyclic amines) is 1. The molecule has 0 saturated carbocycles. The molecular weight excluding hydrogens is 576 g/mol. The number of carbonyl (C=O) groups is 2. The van der Waals surface area contributed by atoms with E-state index in [0.29, 0.717) is 27.3 Å². The third-order valence-corrected chi connectivity index (χ3v) is 9.66. The van der Waals surface area contributed by atoms with Crippen molar-refractivity contribution in [1.82, 2.24) is 19.4 Å². The maximum Gasteiger partial charge on any atom is 0.337 e. The average molecular weight is 609 g/mol. The number of carbonyl (C=O) groups excluding carboxylic acids is 2. The quantitative estimate of drug-likeness (QED) is 0.163. The zero-order valence-electron chi connectivity index (χ0n) is 23.7. The molecule has 0 amide bonds. The lowest BCUT2D eigenvalue weighted by atomic mass is 9.93. The zero-order chi connectivity index (χ0) is 29.2. The summed E-state index contributed by atoms with van der Waals surface area (Å²) in [5.74, 6) is 1.52. The molecule has 2 aliphatic heterocycles. The Hall–Kier alpha value is -3.31. The normalized spacial score (nSPS) is 17.7. The summed E-state index contributed by atoms with van der Waals surface area (Å²) in [5.41, 5.74) is 3.35. The molecule has 0 radical (unpaired) electrons. The summed E-state index contributed by atoms with van der Waals surface area (Å²) in [4.78, 5) is 37.5. The van der Waals surface area contributed by atoms with Crippen molar-refractivity contribution in [1.29, 1.82) is 0 Å². The number of fused-ring (bicyclic) bond motifs is 1. The number of rotatable bonds is 10. The monoisotopic (exact) mass is 608 g/mol. The molecule has 9 nitrogen and oxygen atoms in total. The number of aromatic nitrogens is 3. The van der Waals surface area contributed by atoms with Crippen LogP contribution in [0.2, 0.25) is 5.02 Å². The molecule has 0 N–H and O–H groups in total. The Labute approximate surface area is 253 Å². The number of thiophene rings is 1. The highest BCUT2D eigenvalue weighted by Gasteiger charge is 2.26. The van der Waals surface area contributed by atoms with Crippen molar-refractivity contribution >= 4 is 45.7 Å². The average Bonchev–Trinajstić information content (AvgIpc) is 3.52. The van der Waals surface area contributed by atoms with E-state index < -0.39 is 0 Å². The number of benzene rings is 1. The van der Waals surface area contributed by atoms with E-state index in [1.807, 2.05) is 24.3 Å². The van der Waals surface area contributed by atoms with Crippen molar-refractivity contribution in [2.75, 3.05) is 26.8 Å². The van der Waals surface area contributed by atoms with Gasteiger partial charge >= 0.3 is 5.97 Å². The molecule has 2 aliphatic rings. The first-order valence-corrected chi connectivity index (χ1v) is 15.4. The molecule has 220 valence electrons. The van der Waals surface area contributed by atoms with Gasteiger partial charge in [0.25, 0.3) is 0 Å². The van der Waals surface area contributed by atoms with Crippen molar-refractivity contribution < 1.29 is 23.8 Å². The summed E-state index contributed by atoms with van der Waals surface area (Å²) < 4.78 is 18.8. The zero-order valence-corrected chi connectivity index (χ0v) is 25.2. The Morgan fingerprint density at radius 3 is 2.62 bits per heavy atom. The summed E-state index contributed by atoms with van der Waals surface area (Å²) in [6, 6.07) is 13.1. The number of imidazole rings is 1. The Morgan fingerprint density at radius 1 is 1.12 bits per heavy atom. The van der Waals surface area contributed by atoms with E-state index in [0.717, 1.165) is 79.5 Å². The van der Waals surface area contributed by atoms with Crippen LogP contribution in [0.5, 0.6) is 5.88 Å². The number of hydrogen-bond donors (Lipinski definition) is 0. The number of methoxy groups -OCH3 is 1. The van der Waals surface area contributed by atoms with Crippen LogP contribution in [0.3, 0.4) is 0 Å². The second-order valence-electron chi connectivity index (χ2n) is 10.8. The van der Waals surface area contributed by atoms with E-state index >= 15 is 0 Å². The van der Waals surface area contributed by atoms with E-state index in [2.05, 4.69) is 15.5 Å². The minimum absolute atomic E-state index is 0.00283. The Bertz CT molecular complexity index is 1610. The van der Waals surface area contributed by atoms with Crippen LogP contribution < -0.4 is 4.74 Å². The predicted octanol–water partition coefficient (Wildman–Crippen LogP) is 5.88. The standard InChI is InChI=1S/C31H33ClN4O5S/c1-19(37)27-15-23(32)28(42-27)18-41-30-5-3-4-24(34-30)20-8-11-35(12-9-20)17-29-33-25-7-6-21(31(38)39-2)14-26(25)36(29)16-22-10-13-40-22/h3-7,14-15,20,22H,8-13,16-18H2,1-2H3. The van der Waals surface area contributed by atoms with Gasteiger partial charge in [0.15, 0.2) is 5.78 Å². The van der Waals surface area contributed by atoms with Crippen LogP contribution in [0, 0.1) is 0 Å². The number of esters is 1. The SMILES string of the molecule is COC(=O)c1ccc2nc(CN3CCC(c4cccc(OCc5sc(C(C)=O)cc5Cl)n4)CC3)n(CC3CCO3)c2c1. The number of ketones is 1. The molecule has 2 fully saturated rings. The molecular formula is C31H33ClN4O5S. The van der Waals surface area contributed by atoms with Crippen LogP contribution in [0.4, 0.5) is 0 Å². The van der Waals surface area contributed by atoms with Gasteiger partial charge in [0, 0.05) is 24.3 Å². The number of ether oxygens (including phenoxy) is 3. The van der Waals surface area contributed by atoms with Crippen molar-refractivity contribution in [3.63, 3.8) is 0 Å². The molecule has 42 heavy (non-hydrogen) atoms. The third-order valence-electron chi connectivity index (χ3n) is 8.00. The van der Waals surface area contributed by atoms with Gasteiger partial charge in [0.05, 0.1) is 57.7 Å². The van der Waals surface area contributed by atoms with Crippen molar-refractivity contribution in [2.24, 2.45) is 0 Å². The third kappa shape index (κ3) is 6.22. The van der Waals surface area contributed by atoms with Crippen molar-refractivity contribution in [2.45, 2.75) is 57.9 Å². The number of Topliss-reactive ketones (excluding diaryl/α,β-unsaturated/α-hetero) is 1. The smallest absolute Gasteiger partial charge is 0.337 e. The molecule has 0 spiro atoms. The molecule has 4 aromatic rings. The lowest BCUT2D eigenvalue weighted by molar-refractivity contribution is -0.0592. The molecule has 0 aliphatic carbocycles. The van der Waals surface area contributed by atoms with Crippen molar-refractivity contribution in [3.8, 4) is 5.88 Å². The molecule has 1 aromatic carbocycles. The van der Waals surface area contributed by atoms with Crippen molar-refractivity contribution in [3.05, 3.63) is 74.3 Å². The Balaban J connectivity index is 1.10. The molecule has 3 aromatic heterocycles. The van der Waals surface area contributed by atoms with Gasteiger partial charge in [-0.25, -0.2) is 14.8 Å². The topological polar surface area (TPSA) is 95.8 Å². The maximum absolute atomic E-state index is 12.2. The highest BCUT2D eigenvalue weighted by atomic mass is 35.5. The van der Waals surface area contributed by atoms with E-state index in [9.17, 15) is 9.59 Å². The number of pyridine rings is 1. The molecule has 1 atom stereocenters. The van der Waals surface area contributed by atoms with Gasteiger partial charge in [-0.3, -0.25) is 9.69 Å². The van der Waals surface area contributed by atoms with Gasteiger partial charge in [0.1, 0.15) is 12.4 Å². The lowest BCUT2D eigenvalue weighted by Crippen LogP contribution is -2.35. The van der Waals surface area contributed by atoms with Crippen LogP contribution in [0.15, 0.2) is 42.5 Å². The minimum atomic E-state index is -0.353. The maximum atomic E-state index is 12.2. The van der Waals surface area contributed by atoms with Gasteiger partial charge < -0.3 is 18.8 Å². The fourth-order valence-electron chi connectivity index (χ4n) is 5.52. The number of nitrogens with zero attached hydrogens (tertiary/aromatic N) is 4. The summed E-state index contributed by atoms with van der Waals surface area (Å²) in [6.45, 7) is 5.89. The molecule has 0 bridgehead atoms. The summed E-state index contributed by atoms with van der Waals surface area (Å²) in [6.07, 6.45) is 3.15. The molecule has 2 saturated heterocycles. The molecule has 1 unspecified atom stereocenters. The van der Waals surface area contributed by atoms with E-state index in [-0.39, 0.29) is 24.5 Å². The van der Waals surface area contributed by atoms with Crippen LogP contribution in [0.25, 0.3) is 11.0 Å². The second-order valence-corrected chi connectivity index (χ2v) is 12.3. The summed E-state index contributed by atoms with van der Waals surface area (Å²) >= 11 is 7.65. The van der Waals surface area contributed by atoms with Gasteiger partial charge in [0.2, 0.25) is 5.88 Å². The minimum Gasteiger partial charge on any atom is -0.472 e. The lowest BCUT2D eigenvalue weighted by Gasteiger charge is -2.32. The Kier molecular flexibility index (Phi) is 8.57. The Morgan fingerprint density at radius 2 is 1.93 bits per heavy atom. The predicted molar refractivity (Wildman–Crippen MR) is 161 cm³/mol. The second kappa shape index (κ2) is 12.5. The highest BCUT2D eigenvalue weighted by Crippen LogP contribution is 2.31. The summed E-state index contributed by atoms with van der Waals surface area (Å²) in [7, 11) is 1.40. The fraction of sp³-hybridized carbons (Fsp3) is 0.419. The largest absolute Gasteiger partial charge is 0.472 e. The van der Waals surface area contributed by atoms with E-state index in [1.165, 1.54) is 25.4 Å². The molecule has 5 heterocycles. The molecule has 11 heteroatoms. The van der Waals surface area contributed by atoms with E-state index in [4.69, 9.17) is 35.8 Å². The highest BCUT2D eigenvalue weighted by molar-refractivity contribution is 7.14. The van der Waals surface area contributed by atoms with Gasteiger partial charge in [-0.15, -0.1) is 11.3 Å². The van der Waals surface area contributed by atoms with Crippen LogP contribution in [-0.2, 0) is 29.2 Å². The van der Waals surface area contributed by atoms with Crippen LogP contribution >= 0.6 is 22.9 Å². The van der Waals surface area contributed by atoms with Crippen LogP contribution in [0.1, 0.15) is 68.5 Å².